The van der Waals surface area contributed by atoms with Crippen LogP contribution < -0.4 is 4.74 Å². The van der Waals surface area contributed by atoms with E-state index in [2.05, 4.69) is 6.58 Å². The molecule has 1 aliphatic carbocycles. The van der Waals surface area contributed by atoms with Gasteiger partial charge >= 0.3 is 0 Å². The van der Waals surface area contributed by atoms with Gasteiger partial charge < -0.3 is 9.47 Å². The van der Waals surface area contributed by atoms with Crippen LogP contribution in [0.4, 0.5) is 17.6 Å². The first kappa shape index (κ1) is 23.1. The Morgan fingerprint density at radius 2 is 1.57 bits per heavy atom. The summed E-state index contributed by atoms with van der Waals surface area (Å²) in [6.07, 6.45) is 3.49. The summed E-state index contributed by atoms with van der Waals surface area (Å²) in [5.74, 6) is -4.46. The average molecular weight is 478 g/mol. The molecule has 178 valence electrons. The van der Waals surface area contributed by atoms with E-state index in [9.17, 15) is 17.6 Å². The van der Waals surface area contributed by atoms with Crippen LogP contribution in [0.3, 0.4) is 0 Å². The molecule has 1 aliphatic heterocycles. The number of epoxide rings is 1. The first-order valence-electron chi connectivity index (χ1n) is 11.3. The van der Waals surface area contributed by atoms with Gasteiger partial charge in [-0.1, -0.05) is 67.3 Å². The molecule has 0 saturated carbocycles. The third-order valence-corrected chi connectivity index (χ3v) is 6.32. The highest BCUT2D eigenvalue weighted by Crippen LogP contribution is 2.41. The molecule has 0 aromatic heterocycles. The highest BCUT2D eigenvalue weighted by atomic mass is 19.2. The topological polar surface area (TPSA) is 21.8 Å². The maximum atomic E-state index is 14.7. The Balaban J connectivity index is 1.27. The third kappa shape index (κ3) is 4.66. The van der Waals surface area contributed by atoms with Crippen molar-refractivity contribution in [2.45, 2.75) is 19.1 Å². The molecular weight excluding hydrogens is 456 g/mol. The summed E-state index contributed by atoms with van der Waals surface area (Å²) < 4.78 is 68.9. The second-order valence-electron chi connectivity index (χ2n) is 8.54. The van der Waals surface area contributed by atoms with Gasteiger partial charge in [0.15, 0.2) is 17.4 Å². The number of halogens is 4. The molecule has 1 heterocycles. The van der Waals surface area contributed by atoms with Gasteiger partial charge in [-0.3, -0.25) is 0 Å². The number of benzene rings is 3. The van der Waals surface area contributed by atoms with Gasteiger partial charge in [0, 0.05) is 17.1 Å². The quantitative estimate of drug-likeness (QED) is 0.255. The summed E-state index contributed by atoms with van der Waals surface area (Å²) in [5.41, 5.74) is 2.95. The standard InChI is InChI=1S/C29H22F4O2/c1-2-17-3-7-19(8-4-17)22-13-14-24(29(33)27(22)31)34-15-18-5-9-20(10-6-18)21-11-12-23(25-16-35-25)28(32)26(21)30/h2-11,13-14,23,25H,1,12,15-16H2. The lowest BCUT2D eigenvalue weighted by Crippen LogP contribution is -2.13. The van der Waals surface area contributed by atoms with Gasteiger partial charge in [-0.15, -0.1) is 0 Å². The fourth-order valence-corrected chi connectivity index (χ4v) is 4.18. The molecule has 2 atom stereocenters. The summed E-state index contributed by atoms with van der Waals surface area (Å²) in [7, 11) is 0. The number of hydrogen-bond donors (Lipinski definition) is 0. The van der Waals surface area contributed by atoms with Crippen LogP contribution in [0.1, 0.15) is 23.1 Å². The van der Waals surface area contributed by atoms with E-state index in [0.29, 0.717) is 29.7 Å². The minimum atomic E-state index is -1.07. The largest absolute Gasteiger partial charge is 0.486 e. The first-order chi connectivity index (χ1) is 17.0. The Morgan fingerprint density at radius 1 is 0.886 bits per heavy atom. The van der Waals surface area contributed by atoms with E-state index in [0.717, 1.165) is 5.56 Å². The Bertz CT molecular complexity index is 1320. The lowest BCUT2D eigenvalue weighted by atomic mass is 9.89. The van der Waals surface area contributed by atoms with E-state index < -0.39 is 29.2 Å². The van der Waals surface area contributed by atoms with Crippen LogP contribution in [-0.4, -0.2) is 12.7 Å². The summed E-state index contributed by atoms with van der Waals surface area (Å²) in [5, 5.41) is 0. The van der Waals surface area contributed by atoms with Gasteiger partial charge in [0.1, 0.15) is 12.4 Å². The van der Waals surface area contributed by atoms with Crippen LogP contribution in [0.15, 0.2) is 85.0 Å². The molecule has 5 rings (SSSR count). The molecule has 35 heavy (non-hydrogen) atoms. The van der Waals surface area contributed by atoms with Crippen molar-refractivity contribution < 1.29 is 27.0 Å². The molecule has 0 N–H and O–H groups in total. The zero-order chi connectivity index (χ0) is 24.5. The molecule has 0 amide bonds. The Morgan fingerprint density at radius 3 is 2.23 bits per heavy atom. The Labute approximate surface area is 200 Å². The van der Waals surface area contributed by atoms with E-state index in [1.165, 1.54) is 12.1 Å². The predicted octanol–water partition coefficient (Wildman–Crippen LogP) is 7.81. The lowest BCUT2D eigenvalue weighted by molar-refractivity contribution is 0.285. The summed E-state index contributed by atoms with van der Waals surface area (Å²) in [6, 6.07) is 16.5. The third-order valence-electron chi connectivity index (χ3n) is 6.32. The van der Waals surface area contributed by atoms with Crippen molar-refractivity contribution in [1.82, 2.24) is 0 Å². The molecule has 1 saturated heterocycles. The SMILES string of the molecule is C=Cc1ccc(-c2ccc(OCc3ccc(C4=CCC(C5CO5)C(F)=C4F)cc3)c(F)c2F)cc1. The molecular formula is C29H22F4O2. The predicted molar refractivity (Wildman–Crippen MR) is 128 cm³/mol. The van der Waals surface area contributed by atoms with Crippen LogP contribution in [0.2, 0.25) is 0 Å². The van der Waals surface area contributed by atoms with Crippen molar-refractivity contribution in [2.75, 3.05) is 6.61 Å². The Hall–Kier alpha value is -3.64. The van der Waals surface area contributed by atoms with Crippen molar-refractivity contribution in [3.63, 3.8) is 0 Å². The fraction of sp³-hybridized carbons (Fsp3) is 0.172. The second kappa shape index (κ2) is 9.55. The van der Waals surface area contributed by atoms with Crippen molar-refractivity contribution in [1.29, 1.82) is 0 Å². The maximum absolute atomic E-state index is 14.7. The fourth-order valence-electron chi connectivity index (χ4n) is 4.18. The molecule has 6 heteroatoms. The zero-order valence-corrected chi connectivity index (χ0v) is 18.7. The van der Waals surface area contributed by atoms with E-state index in [4.69, 9.17) is 9.47 Å². The minimum absolute atomic E-state index is 0.0170. The molecule has 0 radical (unpaired) electrons. The van der Waals surface area contributed by atoms with Crippen LogP contribution in [0, 0.1) is 17.6 Å². The van der Waals surface area contributed by atoms with Crippen molar-refractivity contribution in [2.24, 2.45) is 5.92 Å². The van der Waals surface area contributed by atoms with E-state index >= 15 is 0 Å². The number of hydrogen-bond acceptors (Lipinski definition) is 2. The molecule has 1 fully saturated rings. The number of allylic oxidation sites excluding steroid dienone is 3. The van der Waals surface area contributed by atoms with Gasteiger partial charge in [-0.2, -0.15) is 4.39 Å². The summed E-state index contributed by atoms with van der Waals surface area (Å²) in [6.45, 7) is 4.12. The molecule has 2 nitrogen and oxygen atoms in total. The summed E-state index contributed by atoms with van der Waals surface area (Å²) >= 11 is 0. The van der Waals surface area contributed by atoms with Crippen LogP contribution >= 0.6 is 0 Å². The normalized spacial score (nSPS) is 19.4. The minimum Gasteiger partial charge on any atom is -0.486 e. The number of ether oxygens (including phenoxy) is 2. The van der Waals surface area contributed by atoms with Crippen molar-refractivity contribution >= 4 is 11.6 Å². The number of rotatable bonds is 7. The maximum Gasteiger partial charge on any atom is 0.201 e. The van der Waals surface area contributed by atoms with Crippen LogP contribution in [0.5, 0.6) is 5.75 Å². The van der Waals surface area contributed by atoms with Gasteiger partial charge in [-0.25, -0.2) is 13.2 Å². The van der Waals surface area contributed by atoms with Crippen LogP contribution in [0.25, 0.3) is 22.8 Å². The molecule has 2 aliphatic rings. The highest BCUT2D eigenvalue weighted by molar-refractivity contribution is 5.78. The van der Waals surface area contributed by atoms with Gasteiger partial charge in [0.05, 0.1) is 12.7 Å². The van der Waals surface area contributed by atoms with E-state index in [1.807, 2.05) is 0 Å². The monoisotopic (exact) mass is 478 g/mol. The molecule has 3 aromatic rings. The lowest BCUT2D eigenvalue weighted by Gasteiger charge is -2.19. The Kier molecular flexibility index (Phi) is 6.31. The molecule has 0 bridgehead atoms. The second-order valence-corrected chi connectivity index (χ2v) is 8.54. The van der Waals surface area contributed by atoms with E-state index in [1.54, 1.807) is 60.7 Å². The van der Waals surface area contributed by atoms with Crippen molar-refractivity contribution in [3.8, 4) is 16.9 Å². The zero-order valence-electron chi connectivity index (χ0n) is 18.7. The highest BCUT2D eigenvalue weighted by Gasteiger charge is 2.39. The van der Waals surface area contributed by atoms with Gasteiger partial charge in [0.2, 0.25) is 5.82 Å². The van der Waals surface area contributed by atoms with Crippen molar-refractivity contribution in [3.05, 3.63) is 113 Å². The smallest absolute Gasteiger partial charge is 0.201 e. The van der Waals surface area contributed by atoms with Crippen LogP contribution in [-0.2, 0) is 11.3 Å². The van der Waals surface area contributed by atoms with Gasteiger partial charge in [-0.05, 0) is 40.8 Å². The average Bonchev–Trinajstić information content (AvgIpc) is 3.72. The van der Waals surface area contributed by atoms with Gasteiger partial charge in [0.25, 0.3) is 0 Å². The molecule has 3 aromatic carbocycles. The summed E-state index contributed by atoms with van der Waals surface area (Å²) in [4.78, 5) is 0. The molecule has 0 spiro atoms. The molecule has 2 unspecified atom stereocenters. The first-order valence-corrected chi connectivity index (χ1v) is 11.3. The van der Waals surface area contributed by atoms with E-state index in [-0.39, 0.29) is 29.6 Å².